The maximum absolute atomic E-state index is 5.67. The van der Waals surface area contributed by atoms with Gasteiger partial charge in [0.05, 0.1) is 32.5 Å². The van der Waals surface area contributed by atoms with E-state index in [-0.39, 0.29) is 0 Å². The standard InChI is InChI=1S/C24H39N5O2/c1-3-25-24(29-8-7-23(19-29)28-10-12-30-13-11-28)26-16-21-5-4-6-22(15-21)18-27-9-14-31-20(2)17-27/h4-6,15,20,23H,3,7-14,16-19H2,1-2H3,(H,25,26). The van der Waals surface area contributed by atoms with Gasteiger partial charge in [0.1, 0.15) is 0 Å². The van der Waals surface area contributed by atoms with Gasteiger partial charge in [-0.3, -0.25) is 9.80 Å². The van der Waals surface area contributed by atoms with Crippen LogP contribution in [0.1, 0.15) is 31.4 Å². The molecule has 4 rings (SSSR count). The molecule has 3 fully saturated rings. The Kier molecular flexibility index (Phi) is 8.19. The molecule has 3 aliphatic rings. The second kappa shape index (κ2) is 11.3. The number of aliphatic imine (C=N–C) groups is 1. The van der Waals surface area contributed by atoms with Crippen molar-refractivity contribution >= 4 is 5.96 Å². The first kappa shape index (κ1) is 22.5. The zero-order valence-electron chi connectivity index (χ0n) is 19.3. The van der Waals surface area contributed by atoms with Gasteiger partial charge in [0.25, 0.3) is 0 Å². The first-order valence-corrected chi connectivity index (χ1v) is 12.0. The lowest BCUT2D eigenvalue weighted by atomic mass is 10.1. The molecule has 0 bridgehead atoms. The van der Waals surface area contributed by atoms with E-state index in [9.17, 15) is 0 Å². The first-order chi connectivity index (χ1) is 15.2. The monoisotopic (exact) mass is 429 g/mol. The van der Waals surface area contributed by atoms with Crippen LogP contribution >= 0.6 is 0 Å². The summed E-state index contributed by atoms with van der Waals surface area (Å²) >= 11 is 0. The van der Waals surface area contributed by atoms with Crippen LogP contribution in [0.25, 0.3) is 0 Å². The molecule has 1 aromatic carbocycles. The Morgan fingerprint density at radius 3 is 2.74 bits per heavy atom. The van der Waals surface area contributed by atoms with Crippen LogP contribution in [-0.4, -0.2) is 98.4 Å². The summed E-state index contributed by atoms with van der Waals surface area (Å²) in [5, 5.41) is 3.51. The van der Waals surface area contributed by atoms with Gasteiger partial charge >= 0.3 is 0 Å². The lowest BCUT2D eigenvalue weighted by molar-refractivity contribution is -0.0212. The third-order valence-electron chi connectivity index (χ3n) is 6.49. The number of ether oxygens (including phenoxy) is 2. The van der Waals surface area contributed by atoms with Crippen molar-refractivity contribution in [3.05, 3.63) is 35.4 Å². The molecule has 0 radical (unpaired) electrons. The van der Waals surface area contributed by atoms with E-state index in [1.807, 2.05) is 0 Å². The predicted molar refractivity (Wildman–Crippen MR) is 124 cm³/mol. The molecule has 31 heavy (non-hydrogen) atoms. The third kappa shape index (κ3) is 6.42. The number of hydrogen-bond donors (Lipinski definition) is 1. The van der Waals surface area contributed by atoms with Crippen LogP contribution in [0.2, 0.25) is 0 Å². The number of benzene rings is 1. The molecule has 0 aromatic heterocycles. The van der Waals surface area contributed by atoms with Gasteiger partial charge in [-0.2, -0.15) is 0 Å². The molecule has 3 saturated heterocycles. The van der Waals surface area contributed by atoms with Crippen molar-refractivity contribution in [2.45, 2.75) is 45.5 Å². The molecule has 0 aliphatic carbocycles. The van der Waals surface area contributed by atoms with Gasteiger partial charge in [-0.25, -0.2) is 4.99 Å². The molecule has 1 aromatic rings. The Labute approximate surface area is 187 Å². The fourth-order valence-electron chi connectivity index (χ4n) is 4.89. The number of likely N-dealkylation sites (tertiary alicyclic amines) is 1. The average Bonchev–Trinajstić information content (AvgIpc) is 3.28. The lowest BCUT2D eigenvalue weighted by Gasteiger charge is -2.32. The number of hydrogen-bond acceptors (Lipinski definition) is 5. The molecular weight excluding hydrogens is 390 g/mol. The maximum Gasteiger partial charge on any atom is 0.194 e. The van der Waals surface area contributed by atoms with Crippen LogP contribution in [0.15, 0.2) is 29.3 Å². The highest BCUT2D eigenvalue weighted by atomic mass is 16.5. The van der Waals surface area contributed by atoms with Crippen molar-refractivity contribution in [2.24, 2.45) is 4.99 Å². The minimum absolute atomic E-state index is 0.325. The zero-order chi connectivity index (χ0) is 21.5. The summed E-state index contributed by atoms with van der Waals surface area (Å²) in [5.74, 6) is 1.05. The summed E-state index contributed by atoms with van der Waals surface area (Å²) in [6, 6.07) is 9.52. The Balaban J connectivity index is 1.35. The van der Waals surface area contributed by atoms with Crippen molar-refractivity contribution < 1.29 is 9.47 Å². The van der Waals surface area contributed by atoms with E-state index in [0.717, 1.165) is 78.1 Å². The summed E-state index contributed by atoms with van der Waals surface area (Å²) in [5.41, 5.74) is 2.64. The lowest BCUT2D eigenvalue weighted by Crippen LogP contribution is -2.46. The third-order valence-corrected chi connectivity index (χ3v) is 6.49. The Bertz CT molecular complexity index is 722. The Morgan fingerprint density at radius 2 is 1.94 bits per heavy atom. The molecule has 0 amide bonds. The van der Waals surface area contributed by atoms with E-state index in [4.69, 9.17) is 14.5 Å². The molecule has 0 spiro atoms. The zero-order valence-corrected chi connectivity index (χ0v) is 19.3. The molecule has 0 saturated carbocycles. The normalized spacial score (nSPS) is 26.4. The summed E-state index contributed by atoms with van der Waals surface area (Å²) in [4.78, 5) is 12.5. The van der Waals surface area contributed by atoms with E-state index >= 15 is 0 Å². The van der Waals surface area contributed by atoms with Crippen LogP contribution in [0.5, 0.6) is 0 Å². The van der Waals surface area contributed by atoms with Gasteiger partial charge in [-0.1, -0.05) is 24.3 Å². The number of nitrogens with zero attached hydrogens (tertiary/aromatic N) is 4. The highest BCUT2D eigenvalue weighted by molar-refractivity contribution is 5.80. The highest BCUT2D eigenvalue weighted by Gasteiger charge is 2.30. The van der Waals surface area contributed by atoms with Gasteiger partial charge in [-0.15, -0.1) is 0 Å². The molecule has 1 N–H and O–H groups in total. The topological polar surface area (TPSA) is 52.6 Å². The smallest absolute Gasteiger partial charge is 0.194 e. The SMILES string of the molecule is CCNC(=NCc1cccc(CN2CCOC(C)C2)c1)N1CCC(N2CCOCC2)C1. The van der Waals surface area contributed by atoms with E-state index in [1.54, 1.807) is 0 Å². The van der Waals surface area contributed by atoms with Crippen LogP contribution < -0.4 is 5.32 Å². The van der Waals surface area contributed by atoms with Gasteiger partial charge < -0.3 is 19.7 Å². The number of rotatable bonds is 6. The van der Waals surface area contributed by atoms with Crippen molar-refractivity contribution in [1.82, 2.24) is 20.0 Å². The average molecular weight is 430 g/mol. The molecular formula is C24H39N5O2. The van der Waals surface area contributed by atoms with Crippen LogP contribution in [-0.2, 0) is 22.6 Å². The summed E-state index contributed by atoms with van der Waals surface area (Å²) < 4.78 is 11.2. The Morgan fingerprint density at radius 1 is 1.10 bits per heavy atom. The van der Waals surface area contributed by atoms with Gasteiger partial charge in [0, 0.05) is 58.4 Å². The van der Waals surface area contributed by atoms with Gasteiger partial charge in [0.15, 0.2) is 5.96 Å². The molecule has 7 heteroatoms. The second-order valence-corrected chi connectivity index (χ2v) is 8.94. The van der Waals surface area contributed by atoms with Crippen LogP contribution in [0.3, 0.4) is 0 Å². The summed E-state index contributed by atoms with van der Waals surface area (Å²) in [7, 11) is 0. The van der Waals surface area contributed by atoms with E-state index in [1.165, 1.54) is 17.5 Å². The number of morpholine rings is 2. The Hall–Kier alpha value is -1.67. The van der Waals surface area contributed by atoms with E-state index < -0.39 is 0 Å². The largest absolute Gasteiger partial charge is 0.379 e. The van der Waals surface area contributed by atoms with Gasteiger partial charge in [-0.05, 0) is 31.4 Å². The van der Waals surface area contributed by atoms with Crippen molar-refractivity contribution in [3.8, 4) is 0 Å². The van der Waals surface area contributed by atoms with Crippen molar-refractivity contribution in [2.75, 3.05) is 65.6 Å². The maximum atomic E-state index is 5.67. The van der Waals surface area contributed by atoms with Crippen LogP contribution in [0, 0.1) is 0 Å². The summed E-state index contributed by atoms with van der Waals surface area (Å²) in [6.07, 6.45) is 1.53. The quantitative estimate of drug-likeness (QED) is 0.550. The number of guanidine groups is 1. The fraction of sp³-hybridized carbons (Fsp3) is 0.708. The molecule has 172 valence electrons. The van der Waals surface area contributed by atoms with Crippen LogP contribution in [0.4, 0.5) is 0 Å². The van der Waals surface area contributed by atoms with Crippen molar-refractivity contribution in [3.63, 3.8) is 0 Å². The van der Waals surface area contributed by atoms with E-state index in [2.05, 4.69) is 58.1 Å². The van der Waals surface area contributed by atoms with E-state index in [0.29, 0.717) is 18.7 Å². The minimum atomic E-state index is 0.325. The molecule has 3 aliphatic heterocycles. The number of nitrogens with one attached hydrogen (secondary N) is 1. The molecule has 2 atom stereocenters. The second-order valence-electron chi connectivity index (χ2n) is 8.94. The van der Waals surface area contributed by atoms with Crippen molar-refractivity contribution in [1.29, 1.82) is 0 Å². The van der Waals surface area contributed by atoms with Gasteiger partial charge in [0.2, 0.25) is 0 Å². The molecule has 7 nitrogen and oxygen atoms in total. The molecule has 3 heterocycles. The minimum Gasteiger partial charge on any atom is -0.379 e. The fourth-order valence-corrected chi connectivity index (χ4v) is 4.89. The highest BCUT2D eigenvalue weighted by Crippen LogP contribution is 2.18. The first-order valence-electron chi connectivity index (χ1n) is 12.0. The predicted octanol–water partition coefficient (Wildman–Crippen LogP) is 1.78. The summed E-state index contributed by atoms with van der Waals surface area (Å²) in [6.45, 7) is 15.7. The molecule has 2 unspecified atom stereocenters.